The van der Waals surface area contributed by atoms with Gasteiger partial charge in [-0.2, -0.15) is 0 Å². The van der Waals surface area contributed by atoms with Gasteiger partial charge in [-0.1, -0.05) is 12.1 Å². The fraction of sp³-hybridized carbons (Fsp3) is 0.467. The maximum absolute atomic E-state index is 12.2. The van der Waals surface area contributed by atoms with Crippen LogP contribution < -0.4 is 10.5 Å². The van der Waals surface area contributed by atoms with Crippen molar-refractivity contribution < 1.29 is 23.1 Å². The number of sulfonamides is 1. The second kappa shape index (κ2) is 7.10. The molecule has 8 heteroatoms. The summed E-state index contributed by atoms with van der Waals surface area (Å²) in [6.07, 6.45) is 2.42. The molecule has 23 heavy (non-hydrogen) atoms. The number of carboxylic acids is 1. The highest BCUT2D eigenvalue weighted by molar-refractivity contribution is 7.88. The topological polar surface area (TPSA) is 127 Å². The summed E-state index contributed by atoms with van der Waals surface area (Å²) in [5.41, 5.74) is 0.953. The predicted octanol–water partition coefficient (Wildman–Crippen LogP) is 0.848. The minimum atomic E-state index is -3.59. The first-order chi connectivity index (χ1) is 10.7. The van der Waals surface area contributed by atoms with Crippen molar-refractivity contribution in [3.05, 3.63) is 35.4 Å². The molecule has 1 fully saturated rings. The molecule has 1 saturated carbocycles. The van der Waals surface area contributed by atoms with Crippen LogP contribution in [0.25, 0.3) is 0 Å². The van der Waals surface area contributed by atoms with E-state index in [-0.39, 0.29) is 23.6 Å². The number of carbonyl (C=O) groups excluding carboxylic acids is 1. The first-order valence-corrected chi connectivity index (χ1v) is 9.09. The molecule has 0 aliphatic heterocycles. The quantitative estimate of drug-likeness (QED) is 0.732. The van der Waals surface area contributed by atoms with Crippen LogP contribution in [-0.4, -0.2) is 31.4 Å². The number of rotatable bonds is 5. The lowest BCUT2D eigenvalue weighted by Gasteiger charge is -2.26. The zero-order valence-electron chi connectivity index (χ0n) is 12.6. The Balaban J connectivity index is 1.90. The molecule has 0 atom stereocenters. The van der Waals surface area contributed by atoms with E-state index in [4.69, 9.17) is 10.2 Å². The molecule has 4 N–H and O–H groups in total. The molecule has 0 saturated heterocycles. The van der Waals surface area contributed by atoms with Crippen molar-refractivity contribution in [3.8, 4) is 0 Å². The van der Waals surface area contributed by atoms with E-state index < -0.39 is 16.0 Å². The average Bonchev–Trinajstić information content (AvgIpc) is 2.46. The zero-order valence-corrected chi connectivity index (χ0v) is 13.4. The van der Waals surface area contributed by atoms with Gasteiger partial charge in [0.25, 0.3) is 5.91 Å². The molecule has 1 aliphatic carbocycles. The number of amides is 1. The third-order valence-electron chi connectivity index (χ3n) is 4.00. The number of carboxylic acid groups (broad SMARTS) is 1. The van der Waals surface area contributed by atoms with Gasteiger partial charge in [0.1, 0.15) is 0 Å². The van der Waals surface area contributed by atoms with E-state index in [1.807, 2.05) is 0 Å². The van der Waals surface area contributed by atoms with Gasteiger partial charge in [-0.05, 0) is 43.4 Å². The summed E-state index contributed by atoms with van der Waals surface area (Å²) >= 11 is 0. The van der Waals surface area contributed by atoms with E-state index in [9.17, 15) is 18.0 Å². The highest BCUT2D eigenvalue weighted by atomic mass is 32.2. The van der Waals surface area contributed by atoms with Crippen LogP contribution in [0.1, 0.15) is 41.6 Å². The van der Waals surface area contributed by atoms with Crippen molar-refractivity contribution in [1.29, 1.82) is 0 Å². The summed E-state index contributed by atoms with van der Waals surface area (Å²) < 4.78 is 22.0. The standard InChI is InChI=1S/C15H20N2O5S/c16-23(21,22)9-10-1-3-11(4-2-10)14(18)17-13-7-5-12(6-8-13)15(19)20/h1-4,12-13H,5-9H2,(H,17,18)(H,19,20)(H2,16,21,22). The number of aliphatic carboxylic acids is 1. The Bertz CT molecular complexity index is 676. The summed E-state index contributed by atoms with van der Waals surface area (Å²) in [4.78, 5) is 23.1. The maximum Gasteiger partial charge on any atom is 0.306 e. The normalized spacial score (nSPS) is 21.6. The van der Waals surface area contributed by atoms with Gasteiger partial charge in [-0.25, -0.2) is 13.6 Å². The second-order valence-electron chi connectivity index (χ2n) is 5.86. The molecule has 1 aliphatic rings. The van der Waals surface area contributed by atoms with Crippen LogP contribution in [0.2, 0.25) is 0 Å². The Morgan fingerprint density at radius 2 is 1.70 bits per heavy atom. The molecule has 2 rings (SSSR count). The van der Waals surface area contributed by atoms with Crippen LogP contribution in [0.15, 0.2) is 24.3 Å². The predicted molar refractivity (Wildman–Crippen MR) is 84.1 cm³/mol. The van der Waals surface area contributed by atoms with Crippen molar-refractivity contribution in [2.75, 3.05) is 0 Å². The molecule has 0 aromatic heterocycles. The van der Waals surface area contributed by atoms with Gasteiger partial charge < -0.3 is 10.4 Å². The Morgan fingerprint density at radius 1 is 1.13 bits per heavy atom. The fourth-order valence-corrected chi connectivity index (χ4v) is 3.40. The third kappa shape index (κ3) is 5.33. The van der Waals surface area contributed by atoms with Crippen LogP contribution >= 0.6 is 0 Å². The number of carbonyl (C=O) groups is 2. The lowest BCUT2D eigenvalue weighted by Crippen LogP contribution is -2.38. The van der Waals surface area contributed by atoms with Gasteiger partial charge in [-0.15, -0.1) is 0 Å². The first-order valence-electron chi connectivity index (χ1n) is 7.37. The van der Waals surface area contributed by atoms with Crippen LogP contribution in [0, 0.1) is 5.92 Å². The zero-order chi connectivity index (χ0) is 17.0. The molecule has 0 bridgehead atoms. The lowest BCUT2D eigenvalue weighted by atomic mass is 9.86. The molecule has 0 radical (unpaired) electrons. The van der Waals surface area contributed by atoms with Gasteiger partial charge in [0, 0.05) is 11.6 Å². The number of hydrogen-bond acceptors (Lipinski definition) is 4. The SMILES string of the molecule is NS(=O)(=O)Cc1ccc(C(=O)NC2CCC(C(=O)O)CC2)cc1. The van der Waals surface area contributed by atoms with E-state index in [0.29, 0.717) is 36.8 Å². The molecule has 0 spiro atoms. The maximum atomic E-state index is 12.2. The Hall–Kier alpha value is -1.93. The largest absolute Gasteiger partial charge is 0.481 e. The Kier molecular flexibility index (Phi) is 5.38. The highest BCUT2D eigenvalue weighted by Gasteiger charge is 2.26. The monoisotopic (exact) mass is 340 g/mol. The first kappa shape index (κ1) is 17.4. The fourth-order valence-electron chi connectivity index (χ4n) is 2.74. The molecule has 126 valence electrons. The molecule has 0 heterocycles. The van der Waals surface area contributed by atoms with Crippen LogP contribution in [0.4, 0.5) is 0 Å². The van der Waals surface area contributed by atoms with E-state index in [1.165, 1.54) is 0 Å². The lowest BCUT2D eigenvalue weighted by molar-refractivity contribution is -0.142. The molecular weight excluding hydrogens is 320 g/mol. The van der Waals surface area contributed by atoms with Gasteiger partial charge in [-0.3, -0.25) is 9.59 Å². The highest BCUT2D eigenvalue weighted by Crippen LogP contribution is 2.24. The van der Waals surface area contributed by atoms with Gasteiger partial charge in [0.05, 0.1) is 11.7 Å². The minimum Gasteiger partial charge on any atom is -0.481 e. The van der Waals surface area contributed by atoms with Crippen molar-refractivity contribution in [1.82, 2.24) is 5.32 Å². The number of nitrogens with two attached hydrogens (primary N) is 1. The van der Waals surface area contributed by atoms with Gasteiger partial charge >= 0.3 is 5.97 Å². The Labute approximate surface area is 134 Å². The van der Waals surface area contributed by atoms with Crippen molar-refractivity contribution in [2.24, 2.45) is 11.1 Å². The molecule has 7 nitrogen and oxygen atoms in total. The van der Waals surface area contributed by atoms with Gasteiger partial charge in [0.2, 0.25) is 10.0 Å². The van der Waals surface area contributed by atoms with Crippen LogP contribution in [0.5, 0.6) is 0 Å². The summed E-state index contributed by atoms with van der Waals surface area (Å²) in [5, 5.41) is 16.8. The van der Waals surface area contributed by atoms with E-state index >= 15 is 0 Å². The summed E-state index contributed by atoms with van der Waals surface area (Å²) in [6.45, 7) is 0. The number of primary sulfonamides is 1. The second-order valence-corrected chi connectivity index (χ2v) is 7.48. The van der Waals surface area contributed by atoms with Crippen molar-refractivity contribution >= 4 is 21.9 Å². The number of benzene rings is 1. The Morgan fingerprint density at radius 3 is 2.17 bits per heavy atom. The molecule has 0 unspecified atom stereocenters. The van der Waals surface area contributed by atoms with E-state index in [1.54, 1.807) is 24.3 Å². The third-order valence-corrected chi connectivity index (χ3v) is 4.73. The minimum absolute atomic E-state index is 0.0257. The van der Waals surface area contributed by atoms with E-state index in [2.05, 4.69) is 5.32 Å². The molecular formula is C15H20N2O5S. The smallest absolute Gasteiger partial charge is 0.306 e. The molecule has 1 aromatic rings. The number of nitrogens with one attached hydrogen (secondary N) is 1. The van der Waals surface area contributed by atoms with Crippen LogP contribution in [0.3, 0.4) is 0 Å². The van der Waals surface area contributed by atoms with E-state index in [0.717, 1.165) is 0 Å². The summed E-state index contributed by atoms with van der Waals surface area (Å²) in [5.74, 6) is -1.61. The van der Waals surface area contributed by atoms with Gasteiger partial charge in [0.15, 0.2) is 0 Å². The summed E-state index contributed by atoms with van der Waals surface area (Å²) in [6, 6.07) is 6.20. The number of hydrogen-bond donors (Lipinski definition) is 3. The van der Waals surface area contributed by atoms with Crippen molar-refractivity contribution in [3.63, 3.8) is 0 Å². The molecule has 1 amide bonds. The van der Waals surface area contributed by atoms with Crippen molar-refractivity contribution in [2.45, 2.75) is 37.5 Å². The average molecular weight is 340 g/mol. The summed E-state index contributed by atoms with van der Waals surface area (Å²) in [7, 11) is -3.59. The van der Waals surface area contributed by atoms with Crippen LogP contribution in [-0.2, 0) is 20.6 Å². The molecule has 1 aromatic carbocycles.